The SMILES string of the molecule is Cc1cc(CS(=O)(=O)Cl)c2c(c1)OCCO2. The number of hydrogen-bond donors (Lipinski definition) is 0. The summed E-state index contributed by atoms with van der Waals surface area (Å²) < 4.78 is 32.9. The summed E-state index contributed by atoms with van der Waals surface area (Å²) in [5.74, 6) is 0.824. The predicted molar refractivity (Wildman–Crippen MR) is 60.6 cm³/mol. The number of halogens is 1. The lowest BCUT2D eigenvalue weighted by Gasteiger charge is -2.21. The van der Waals surface area contributed by atoms with Crippen LogP contribution in [0.15, 0.2) is 12.1 Å². The molecule has 0 N–H and O–H groups in total. The van der Waals surface area contributed by atoms with Gasteiger partial charge >= 0.3 is 0 Å². The van der Waals surface area contributed by atoms with E-state index in [9.17, 15) is 8.42 Å². The van der Waals surface area contributed by atoms with Gasteiger partial charge in [0.1, 0.15) is 13.2 Å². The number of ether oxygens (including phenoxy) is 2. The van der Waals surface area contributed by atoms with Crippen molar-refractivity contribution in [1.82, 2.24) is 0 Å². The number of fused-ring (bicyclic) bond motifs is 1. The van der Waals surface area contributed by atoms with Gasteiger partial charge in [0.25, 0.3) is 0 Å². The number of benzene rings is 1. The first-order valence-electron chi connectivity index (χ1n) is 4.77. The van der Waals surface area contributed by atoms with Crippen molar-refractivity contribution in [3.8, 4) is 11.5 Å². The zero-order chi connectivity index (χ0) is 11.8. The second-order valence-corrected chi connectivity index (χ2v) is 6.41. The third-order valence-corrected chi connectivity index (χ3v) is 3.17. The lowest BCUT2D eigenvalue weighted by Crippen LogP contribution is -2.17. The minimum Gasteiger partial charge on any atom is -0.486 e. The van der Waals surface area contributed by atoms with Gasteiger partial charge in [-0.25, -0.2) is 8.42 Å². The molecule has 88 valence electrons. The largest absolute Gasteiger partial charge is 0.486 e. The van der Waals surface area contributed by atoms with E-state index in [1.807, 2.05) is 13.0 Å². The molecule has 0 aromatic heterocycles. The van der Waals surface area contributed by atoms with Crippen molar-refractivity contribution in [1.29, 1.82) is 0 Å². The van der Waals surface area contributed by atoms with Gasteiger partial charge in [-0.05, 0) is 18.6 Å². The van der Waals surface area contributed by atoms with Crippen molar-refractivity contribution >= 4 is 19.7 Å². The molecule has 0 fully saturated rings. The molecule has 0 bridgehead atoms. The summed E-state index contributed by atoms with van der Waals surface area (Å²) in [6, 6.07) is 3.56. The van der Waals surface area contributed by atoms with Crippen LogP contribution in [0.5, 0.6) is 11.5 Å². The summed E-state index contributed by atoms with van der Waals surface area (Å²) in [6.45, 7) is 2.76. The maximum Gasteiger partial charge on any atom is 0.236 e. The zero-order valence-corrected chi connectivity index (χ0v) is 10.3. The molecule has 0 aliphatic carbocycles. The molecule has 16 heavy (non-hydrogen) atoms. The molecular weight excluding hydrogens is 252 g/mol. The van der Waals surface area contributed by atoms with Crippen LogP contribution >= 0.6 is 10.7 Å². The van der Waals surface area contributed by atoms with Crippen LogP contribution in [-0.2, 0) is 14.8 Å². The number of rotatable bonds is 2. The Bertz CT molecular complexity index is 510. The van der Waals surface area contributed by atoms with Crippen LogP contribution in [0.4, 0.5) is 0 Å². The minimum absolute atomic E-state index is 0.248. The summed E-state index contributed by atoms with van der Waals surface area (Å²) in [6.07, 6.45) is 0. The molecule has 0 unspecified atom stereocenters. The van der Waals surface area contributed by atoms with Gasteiger partial charge in [-0.15, -0.1) is 0 Å². The summed E-state index contributed by atoms with van der Waals surface area (Å²) in [7, 11) is 1.65. The van der Waals surface area contributed by atoms with Crippen molar-refractivity contribution in [2.75, 3.05) is 13.2 Å². The van der Waals surface area contributed by atoms with Gasteiger partial charge < -0.3 is 9.47 Å². The van der Waals surface area contributed by atoms with Gasteiger partial charge in [-0.2, -0.15) is 0 Å². The Balaban J connectivity index is 2.47. The van der Waals surface area contributed by atoms with E-state index in [2.05, 4.69) is 0 Å². The van der Waals surface area contributed by atoms with Crippen LogP contribution in [0.2, 0.25) is 0 Å². The van der Waals surface area contributed by atoms with Gasteiger partial charge in [-0.3, -0.25) is 0 Å². The molecule has 1 aromatic rings. The fourth-order valence-electron chi connectivity index (χ4n) is 1.67. The fraction of sp³-hybridized carbons (Fsp3) is 0.400. The van der Waals surface area contributed by atoms with Gasteiger partial charge in [0.2, 0.25) is 9.05 Å². The highest BCUT2D eigenvalue weighted by molar-refractivity contribution is 8.13. The summed E-state index contributed by atoms with van der Waals surface area (Å²) in [5.41, 5.74) is 1.46. The first-order valence-corrected chi connectivity index (χ1v) is 7.25. The van der Waals surface area contributed by atoms with Crippen LogP contribution in [0.25, 0.3) is 0 Å². The maximum atomic E-state index is 11.1. The molecule has 0 saturated heterocycles. The molecule has 0 atom stereocenters. The highest BCUT2D eigenvalue weighted by Crippen LogP contribution is 2.36. The van der Waals surface area contributed by atoms with Crippen molar-refractivity contribution in [3.05, 3.63) is 23.3 Å². The van der Waals surface area contributed by atoms with E-state index in [1.54, 1.807) is 6.07 Å². The average Bonchev–Trinajstić information content (AvgIpc) is 2.14. The lowest BCUT2D eigenvalue weighted by atomic mass is 10.1. The standard InChI is InChI=1S/C10H11ClO4S/c1-7-4-8(6-16(11,12)13)10-9(5-7)14-2-3-15-10/h4-5H,2-3,6H2,1H3. The first-order chi connectivity index (χ1) is 7.46. The maximum absolute atomic E-state index is 11.1. The van der Waals surface area contributed by atoms with Crippen molar-refractivity contribution in [2.45, 2.75) is 12.7 Å². The third-order valence-electron chi connectivity index (χ3n) is 2.19. The van der Waals surface area contributed by atoms with Crippen molar-refractivity contribution in [3.63, 3.8) is 0 Å². The van der Waals surface area contributed by atoms with Crippen LogP contribution in [0.1, 0.15) is 11.1 Å². The van der Waals surface area contributed by atoms with E-state index in [1.165, 1.54) is 0 Å². The molecule has 0 saturated carbocycles. The van der Waals surface area contributed by atoms with Gasteiger partial charge in [0.15, 0.2) is 11.5 Å². The first kappa shape index (κ1) is 11.5. The normalized spacial score (nSPS) is 14.9. The average molecular weight is 263 g/mol. The van der Waals surface area contributed by atoms with Gasteiger partial charge in [0.05, 0.1) is 5.75 Å². The fourth-order valence-corrected chi connectivity index (χ4v) is 2.61. The highest BCUT2D eigenvalue weighted by Gasteiger charge is 2.20. The molecular formula is C10H11ClO4S. The summed E-state index contributed by atoms with van der Waals surface area (Å²) in [4.78, 5) is 0. The Morgan fingerprint density at radius 1 is 1.31 bits per heavy atom. The van der Waals surface area contributed by atoms with E-state index >= 15 is 0 Å². The van der Waals surface area contributed by atoms with E-state index in [0.717, 1.165) is 5.56 Å². The van der Waals surface area contributed by atoms with E-state index < -0.39 is 9.05 Å². The summed E-state index contributed by atoms with van der Waals surface area (Å²) >= 11 is 0. The third kappa shape index (κ3) is 2.59. The van der Waals surface area contributed by atoms with Crippen LogP contribution in [0, 0.1) is 6.92 Å². The van der Waals surface area contributed by atoms with E-state index in [4.69, 9.17) is 20.2 Å². The van der Waals surface area contributed by atoms with Crippen molar-refractivity contribution < 1.29 is 17.9 Å². The Hall–Kier alpha value is -0.940. The Kier molecular flexibility index (Phi) is 2.99. The molecule has 1 aliphatic rings. The highest BCUT2D eigenvalue weighted by atomic mass is 35.7. The van der Waals surface area contributed by atoms with E-state index in [0.29, 0.717) is 30.3 Å². The molecule has 1 aliphatic heterocycles. The Labute approximate surface area is 98.5 Å². The van der Waals surface area contributed by atoms with Gasteiger partial charge in [0, 0.05) is 16.2 Å². The smallest absolute Gasteiger partial charge is 0.236 e. The number of hydrogen-bond acceptors (Lipinski definition) is 4. The van der Waals surface area contributed by atoms with E-state index in [-0.39, 0.29) is 5.75 Å². The quantitative estimate of drug-likeness (QED) is 0.763. The minimum atomic E-state index is -3.59. The second kappa shape index (κ2) is 4.14. The lowest BCUT2D eigenvalue weighted by molar-refractivity contribution is 0.170. The van der Waals surface area contributed by atoms with Crippen LogP contribution < -0.4 is 9.47 Å². The summed E-state index contributed by atoms with van der Waals surface area (Å²) in [5, 5.41) is 0. The molecule has 2 rings (SSSR count). The Morgan fingerprint density at radius 3 is 2.69 bits per heavy atom. The molecule has 6 heteroatoms. The van der Waals surface area contributed by atoms with Gasteiger partial charge in [-0.1, -0.05) is 6.07 Å². The topological polar surface area (TPSA) is 52.6 Å². The van der Waals surface area contributed by atoms with Crippen LogP contribution in [-0.4, -0.2) is 21.6 Å². The molecule has 1 aromatic carbocycles. The molecule has 0 radical (unpaired) electrons. The van der Waals surface area contributed by atoms with Crippen LogP contribution in [0.3, 0.4) is 0 Å². The van der Waals surface area contributed by atoms with Crippen molar-refractivity contribution in [2.24, 2.45) is 0 Å². The monoisotopic (exact) mass is 262 g/mol. The number of aryl methyl sites for hydroxylation is 1. The molecule has 1 heterocycles. The molecule has 0 spiro atoms. The molecule has 4 nitrogen and oxygen atoms in total. The Morgan fingerprint density at radius 2 is 2.00 bits per heavy atom. The predicted octanol–water partition coefficient (Wildman–Crippen LogP) is 1.83. The molecule has 0 amide bonds. The second-order valence-electron chi connectivity index (χ2n) is 3.63. The zero-order valence-electron chi connectivity index (χ0n) is 8.70.